The Morgan fingerprint density at radius 3 is 2.72 bits per heavy atom. The van der Waals surface area contributed by atoms with Crippen molar-refractivity contribution < 1.29 is 19.7 Å². The summed E-state index contributed by atoms with van der Waals surface area (Å²) >= 11 is 1.40. The van der Waals surface area contributed by atoms with Crippen LogP contribution in [0.3, 0.4) is 0 Å². The van der Waals surface area contributed by atoms with Crippen molar-refractivity contribution in [2.45, 2.75) is 13.0 Å². The van der Waals surface area contributed by atoms with Crippen molar-refractivity contribution in [2.75, 3.05) is 12.9 Å². The van der Waals surface area contributed by atoms with Gasteiger partial charge in [0, 0.05) is 11.8 Å². The molecule has 1 aliphatic heterocycles. The number of ketones is 1. The number of nitrogens with zero attached hydrogens (tertiary/aromatic N) is 1. The fourth-order valence-corrected chi connectivity index (χ4v) is 2.77. The van der Waals surface area contributed by atoms with Crippen molar-refractivity contribution in [2.24, 2.45) is 4.99 Å². The van der Waals surface area contributed by atoms with Crippen LogP contribution in [0, 0.1) is 0 Å². The quantitative estimate of drug-likeness (QED) is 0.868. The molecular formula is C12H13NO4S. The number of hydrogen-bond donors (Lipinski definition) is 2. The van der Waals surface area contributed by atoms with E-state index in [1.807, 2.05) is 0 Å². The molecule has 5 nitrogen and oxygen atoms in total. The molecule has 0 unspecified atom stereocenters. The van der Waals surface area contributed by atoms with Gasteiger partial charge >= 0.3 is 0 Å². The first-order valence-corrected chi connectivity index (χ1v) is 6.33. The lowest BCUT2D eigenvalue weighted by molar-refractivity contribution is -0.117. The molecule has 6 heteroatoms. The number of Topliss-reactive ketones (excluding diaryl/α,β-unsaturated/α-hetero) is 1. The summed E-state index contributed by atoms with van der Waals surface area (Å²) in [5, 5.41) is 19.9. The molecular weight excluding hydrogens is 254 g/mol. The second-order valence-electron chi connectivity index (χ2n) is 3.91. The second-order valence-corrected chi connectivity index (χ2v) is 4.92. The Morgan fingerprint density at radius 2 is 2.17 bits per heavy atom. The van der Waals surface area contributed by atoms with E-state index in [0.717, 1.165) is 0 Å². The number of phenols is 2. The van der Waals surface area contributed by atoms with Crippen LogP contribution in [0.15, 0.2) is 17.1 Å². The maximum atomic E-state index is 11.2. The van der Waals surface area contributed by atoms with Gasteiger partial charge in [0.25, 0.3) is 0 Å². The van der Waals surface area contributed by atoms with E-state index in [0.29, 0.717) is 16.4 Å². The number of rotatable bonds is 3. The third kappa shape index (κ3) is 2.28. The van der Waals surface area contributed by atoms with Crippen LogP contribution in [0.4, 0.5) is 0 Å². The second kappa shape index (κ2) is 4.89. The van der Waals surface area contributed by atoms with E-state index < -0.39 is 0 Å². The van der Waals surface area contributed by atoms with E-state index >= 15 is 0 Å². The molecule has 0 fully saturated rings. The summed E-state index contributed by atoms with van der Waals surface area (Å²) in [5.74, 6) is 0.627. The van der Waals surface area contributed by atoms with Crippen molar-refractivity contribution in [3.05, 3.63) is 17.7 Å². The average molecular weight is 267 g/mol. The first-order chi connectivity index (χ1) is 8.52. The van der Waals surface area contributed by atoms with Crippen LogP contribution >= 0.6 is 11.8 Å². The zero-order chi connectivity index (χ0) is 13.3. The van der Waals surface area contributed by atoms with E-state index in [9.17, 15) is 15.0 Å². The normalized spacial score (nSPS) is 18.6. The topological polar surface area (TPSA) is 79.1 Å². The molecule has 0 aromatic heterocycles. The standard InChI is InChI=1S/C12H13NO4S/c1-6(14)8-5-18-12(13-8)7-3-11(17-2)10(16)4-9(7)15/h3-4,8,15-16H,5H2,1-2H3/t8-/m1/s1. The highest BCUT2D eigenvalue weighted by Crippen LogP contribution is 2.36. The van der Waals surface area contributed by atoms with Crippen LogP contribution in [0.5, 0.6) is 17.2 Å². The van der Waals surface area contributed by atoms with E-state index in [4.69, 9.17) is 4.74 Å². The van der Waals surface area contributed by atoms with Crippen LogP contribution in [-0.4, -0.2) is 39.9 Å². The number of aromatic hydroxyl groups is 2. The first kappa shape index (κ1) is 12.8. The van der Waals surface area contributed by atoms with E-state index in [1.165, 1.54) is 37.9 Å². The highest BCUT2D eigenvalue weighted by Gasteiger charge is 2.25. The molecule has 1 atom stereocenters. The Bertz CT molecular complexity index is 527. The van der Waals surface area contributed by atoms with Crippen LogP contribution in [0.2, 0.25) is 0 Å². The minimum Gasteiger partial charge on any atom is -0.507 e. The van der Waals surface area contributed by atoms with Crippen molar-refractivity contribution >= 4 is 22.6 Å². The van der Waals surface area contributed by atoms with E-state index in [1.54, 1.807) is 0 Å². The molecule has 0 amide bonds. The van der Waals surface area contributed by atoms with Gasteiger partial charge < -0.3 is 14.9 Å². The van der Waals surface area contributed by atoms with Gasteiger partial charge in [-0.3, -0.25) is 9.79 Å². The predicted molar refractivity (Wildman–Crippen MR) is 69.8 cm³/mol. The monoisotopic (exact) mass is 267 g/mol. The minimum atomic E-state index is -0.357. The molecule has 0 saturated carbocycles. The molecule has 1 aromatic carbocycles. The molecule has 0 bridgehead atoms. The summed E-state index contributed by atoms with van der Waals surface area (Å²) in [6, 6.07) is 2.36. The number of phenolic OH excluding ortho intramolecular Hbond substituents is 2. The SMILES string of the molecule is COc1cc(C2=N[C@@H](C(C)=O)CS2)c(O)cc1O. The summed E-state index contributed by atoms with van der Waals surface area (Å²) in [7, 11) is 1.43. The minimum absolute atomic E-state index is 0.00253. The summed E-state index contributed by atoms with van der Waals surface area (Å²) < 4.78 is 4.98. The fraction of sp³-hybridized carbons (Fsp3) is 0.333. The van der Waals surface area contributed by atoms with Crippen molar-refractivity contribution in [3.8, 4) is 17.2 Å². The maximum Gasteiger partial charge on any atom is 0.161 e. The Morgan fingerprint density at radius 1 is 1.44 bits per heavy atom. The Kier molecular flexibility index (Phi) is 3.47. The number of aliphatic imine (C=N–C) groups is 1. The van der Waals surface area contributed by atoms with Crippen molar-refractivity contribution in [3.63, 3.8) is 0 Å². The third-order valence-corrected chi connectivity index (χ3v) is 3.73. The number of ether oxygens (including phenoxy) is 1. The molecule has 0 radical (unpaired) electrons. The van der Waals surface area contributed by atoms with Gasteiger partial charge in [-0.05, 0) is 13.0 Å². The number of benzene rings is 1. The average Bonchev–Trinajstić information content (AvgIpc) is 2.78. The molecule has 18 heavy (non-hydrogen) atoms. The zero-order valence-corrected chi connectivity index (χ0v) is 10.8. The Labute approximate surface area is 108 Å². The number of hydrogen-bond acceptors (Lipinski definition) is 6. The zero-order valence-electron chi connectivity index (χ0n) is 10.0. The van der Waals surface area contributed by atoms with Crippen LogP contribution in [0.1, 0.15) is 12.5 Å². The third-order valence-electron chi connectivity index (χ3n) is 2.65. The highest BCUT2D eigenvalue weighted by atomic mass is 32.2. The van der Waals surface area contributed by atoms with Gasteiger partial charge in [-0.25, -0.2) is 0 Å². The molecule has 2 N–H and O–H groups in total. The number of carbonyl (C=O) groups is 1. The van der Waals surface area contributed by atoms with Gasteiger partial charge in [0.2, 0.25) is 0 Å². The Balaban J connectivity index is 2.40. The lowest BCUT2D eigenvalue weighted by Crippen LogP contribution is -2.14. The summed E-state index contributed by atoms with van der Waals surface area (Å²) in [5.41, 5.74) is 0.471. The van der Waals surface area contributed by atoms with Crippen LogP contribution < -0.4 is 4.74 Å². The van der Waals surface area contributed by atoms with Gasteiger partial charge in [-0.1, -0.05) is 0 Å². The largest absolute Gasteiger partial charge is 0.507 e. The van der Waals surface area contributed by atoms with Crippen molar-refractivity contribution in [1.29, 1.82) is 0 Å². The van der Waals surface area contributed by atoms with Gasteiger partial charge in [-0.15, -0.1) is 11.8 Å². The molecule has 1 aromatic rings. The lowest BCUT2D eigenvalue weighted by atomic mass is 10.2. The summed E-state index contributed by atoms with van der Waals surface area (Å²) in [6.07, 6.45) is 0. The van der Waals surface area contributed by atoms with Crippen molar-refractivity contribution in [1.82, 2.24) is 0 Å². The van der Waals surface area contributed by atoms with Gasteiger partial charge in [0.15, 0.2) is 17.3 Å². The lowest BCUT2D eigenvalue weighted by Gasteiger charge is -2.08. The van der Waals surface area contributed by atoms with Crippen LogP contribution in [-0.2, 0) is 4.79 Å². The molecule has 2 rings (SSSR count). The molecule has 0 spiro atoms. The number of carbonyl (C=O) groups excluding carboxylic acids is 1. The maximum absolute atomic E-state index is 11.2. The van der Waals surface area contributed by atoms with E-state index in [2.05, 4.69) is 4.99 Å². The molecule has 1 aliphatic rings. The van der Waals surface area contributed by atoms with Gasteiger partial charge in [0.1, 0.15) is 16.8 Å². The van der Waals surface area contributed by atoms with Crippen LogP contribution in [0.25, 0.3) is 0 Å². The molecule has 0 saturated heterocycles. The van der Waals surface area contributed by atoms with Gasteiger partial charge in [0.05, 0.1) is 12.7 Å². The Hall–Kier alpha value is -1.69. The molecule has 1 heterocycles. The fourth-order valence-electron chi connectivity index (χ4n) is 1.62. The molecule has 96 valence electrons. The number of methoxy groups -OCH3 is 1. The predicted octanol–water partition coefficient (Wildman–Crippen LogP) is 1.56. The van der Waals surface area contributed by atoms with E-state index in [-0.39, 0.29) is 29.1 Å². The van der Waals surface area contributed by atoms with Gasteiger partial charge in [-0.2, -0.15) is 0 Å². The first-order valence-electron chi connectivity index (χ1n) is 5.34. The smallest absolute Gasteiger partial charge is 0.161 e. The summed E-state index contributed by atoms with van der Waals surface area (Å²) in [4.78, 5) is 15.5. The molecule has 0 aliphatic carbocycles. The summed E-state index contributed by atoms with van der Waals surface area (Å²) in [6.45, 7) is 1.49. The number of thioether (sulfide) groups is 1. The highest BCUT2D eigenvalue weighted by molar-refractivity contribution is 8.14.